The number of benzene rings is 1. The Labute approximate surface area is 101 Å². The molecule has 0 aromatic heterocycles. The first-order valence-electron chi connectivity index (χ1n) is 5.51. The molecule has 1 aliphatic rings. The molecule has 0 radical (unpaired) electrons. The Bertz CT molecular complexity index is 536. The molecule has 1 aromatic carbocycles. The van der Waals surface area contributed by atoms with Gasteiger partial charge in [0, 0.05) is 11.2 Å². The fraction of sp³-hybridized carbons (Fsp3) is 0.455. The van der Waals surface area contributed by atoms with Crippen molar-refractivity contribution in [1.29, 1.82) is 0 Å². The summed E-state index contributed by atoms with van der Waals surface area (Å²) < 4.78 is 22.4. The molecule has 0 atom stereocenters. The molecule has 0 unspecified atom stereocenters. The van der Waals surface area contributed by atoms with E-state index in [0.29, 0.717) is 0 Å². The van der Waals surface area contributed by atoms with Gasteiger partial charge in [-0.2, -0.15) is 0 Å². The maximum absolute atomic E-state index is 11.2. The smallest absolute Gasteiger partial charge is 0.240 e. The van der Waals surface area contributed by atoms with Gasteiger partial charge in [-0.1, -0.05) is 0 Å². The van der Waals surface area contributed by atoms with Gasteiger partial charge in [0.25, 0.3) is 0 Å². The van der Waals surface area contributed by atoms with Gasteiger partial charge in [0.2, 0.25) is 10.0 Å². The molecule has 94 valence electrons. The number of hydrogen-bond donors (Lipinski definition) is 3. The summed E-state index contributed by atoms with van der Waals surface area (Å²) in [5, 5.41) is 8.40. The summed E-state index contributed by atoms with van der Waals surface area (Å²) in [7, 11) is -3.74. The van der Waals surface area contributed by atoms with Crippen LogP contribution in [0.5, 0.6) is 0 Å². The van der Waals surface area contributed by atoms with Crippen LogP contribution < -0.4 is 16.2 Å². The molecule has 6 heteroatoms. The average molecular weight is 255 g/mol. The molecule has 0 amide bonds. The van der Waals surface area contributed by atoms with Crippen LogP contribution in [-0.4, -0.2) is 14.0 Å². The summed E-state index contributed by atoms with van der Waals surface area (Å²) in [5.74, 6) is 0. The molecular weight excluding hydrogens is 238 g/mol. The Balaban J connectivity index is 2.25. The third-order valence-electron chi connectivity index (χ3n) is 3.22. The predicted molar refractivity (Wildman–Crippen MR) is 68.1 cm³/mol. The van der Waals surface area contributed by atoms with E-state index in [1.807, 2.05) is 0 Å². The standard InChI is InChI=1S/C11H17N3O2S/c1-11(5-2-6-11)14-8-3-4-10(9(12)7-8)17(13,15)16/h3-4,7,14H,2,5-6,12H2,1H3,(H2,13,15,16). The zero-order valence-electron chi connectivity index (χ0n) is 9.73. The average Bonchev–Trinajstić information content (AvgIpc) is 2.13. The van der Waals surface area contributed by atoms with Crippen LogP contribution in [-0.2, 0) is 10.0 Å². The number of sulfonamides is 1. The van der Waals surface area contributed by atoms with E-state index in [9.17, 15) is 8.42 Å². The van der Waals surface area contributed by atoms with Crippen LogP contribution in [0.3, 0.4) is 0 Å². The van der Waals surface area contributed by atoms with Gasteiger partial charge in [0.1, 0.15) is 4.90 Å². The number of primary sulfonamides is 1. The Morgan fingerprint density at radius 1 is 1.35 bits per heavy atom. The number of nitrogens with one attached hydrogen (secondary N) is 1. The number of hydrogen-bond acceptors (Lipinski definition) is 4. The summed E-state index contributed by atoms with van der Waals surface area (Å²) >= 11 is 0. The number of rotatable bonds is 3. The molecule has 0 spiro atoms. The Morgan fingerprint density at radius 2 is 2.00 bits per heavy atom. The first-order chi connectivity index (χ1) is 7.80. The second-order valence-corrected chi connectivity index (χ2v) is 6.37. The van der Waals surface area contributed by atoms with Crippen molar-refractivity contribution in [3.63, 3.8) is 0 Å². The topological polar surface area (TPSA) is 98.2 Å². The minimum atomic E-state index is -3.74. The lowest BCUT2D eigenvalue weighted by molar-refractivity contribution is 0.306. The second kappa shape index (κ2) is 3.89. The third-order valence-corrected chi connectivity index (χ3v) is 4.20. The van der Waals surface area contributed by atoms with E-state index in [0.717, 1.165) is 18.5 Å². The fourth-order valence-electron chi connectivity index (χ4n) is 2.07. The summed E-state index contributed by atoms with van der Waals surface area (Å²) in [4.78, 5) is -0.0261. The van der Waals surface area contributed by atoms with Crippen molar-refractivity contribution >= 4 is 21.4 Å². The fourth-order valence-corrected chi connectivity index (χ4v) is 2.71. The largest absolute Gasteiger partial charge is 0.398 e. The van der Waals surface area contributed by atoms with Gasteiger partial charge in [-0.25, -0.2) is 13.6 Å². The van der Waals surface area contributed by atoms with Crippen molar-refractivity contribution in [2.24, 2.45) is 5.14 Å². The molecule has 1 aliphatic carbocycles. The van der Waals surface area contributed by atoms with Crippen molar-refractivity contribution in [3.8, 4) is 0 Å². The van der Waals surface area contributed by atoms with Crippen LogP contribution in [0.25, 0.3) is 0 Å². The zero-order valence-corrected chi connectivity index (χ0v) is 10.5. The number of nitrogens with two attached hydrogens (primary N) is 2. The van der Waals surface area contributed by atoms with Crippen molar-refractivity contribution in [1.82, 2.24) is 0 Å². The van der Waals surface area contributed by atoms with E-state index in [2.05, 4.69) is 12.2 Å². The van der Waals surface area contributed by atoms with Gasteiger partial charge in [-0.05, 0) is 44.4 Å². The highest BCUT2D eigenvalue weighted by Crippen LogP contribution is 2.35. The zero-order chi connectivity index (χ0) is 12.7. The van der Waals surface area contributed by atoms with Crippen molar-refractivity contribution < 1.29 is 8.42 Å². The Kier molecular flexibility index (Phi) is 2.79. The van der Waals surface area contributed by atoms with Gasteiger partial charge in [0.05, 0.1) is 5.69 Å². The third kappa shape index (κ3) is 2.53. The number of nitrogen functional groups attached to an aromatic ring is 1. The summed E-state index contributed by atoms with van der Waals surface area (Å²) in [6.45, 7) is 2.14. The molecule has 2 rings (SSSR count). The summed E-state index contributed by atoms with van der Waals surface area (Å²) in [6.07, 6.45) is 3.45. The normalized spacial score (nSPS) is 18.5. The molecule has 5 N–H and O–H groups in total. The molecule has 0 saturated heterocycles. The Morgan fingerprint density at radius 3 is 2.41 bits per heavy atom. The van der Waals surface area contributed by atoms with E-state index in [1.54, 1.807) is 12.1 Å². The second-order valence-electron chi connectivity index (χ2n) is 4.84. The molecule has 0 bridgehead atoms. The molecule has 1 saturated carbocycles. The van der Waals surface area contributed by atoms with Gasteiger partial charge in [-0.15, -0.1) is 0 Å². The molecule has 17 heavy (non-hydrogen) atoms. The van der Waals surface area contributed by atoms with Crippen molar-refractivity contribution in [2.45, 2.75) is 36.6 Å². The maximum atomic E-state index is 11.2. The molecular formula is C11H17N3O2S. The minimum Gasteiger partial charge on any atom is -0.398 e. The molecule has 0 heterocycles. The molecule has 0 aliphatic heterocycles. The van der Waals surface area contributed by atoms with Crippen molar-refractivity contribution in [3.05, 3.63) is 18.2 Å². The van der Waals surface area contributed by atoms with Gasteiger partial charge < -0.3 is 11.1 Å². The van der Waals surface area contributed by atoms with Gasteiger partial charge in [-0.3, -0.25) is 0 Å². The van der Waals surface area contributed by atoms with Gasteiger partial charge >= 0.3 is 0 Å². The lowest BCUT2D eigenvalue weighted by atomic mass is 9.78. The molecule has 1 aromatic rings. The highest BCUT2D eigenvalue weighted by Gasteiger charge is 2.31. The van der Waals surface area contributed by atoms with Crippen LogP contribution in [0.1, 0.15) is 26.2 Å². The number of anilines is 2. The SMILES string of the molecule is CC1(Nc2ccc(S(N)(=O)=O)c(N)c2)CCC1. The first kappa shape index (κ1) is 12.2. The lowest BCUT2D eigenvalue weighted by Crippen LogP contribution is -2.41. The molecule has 1 fully saturated rings. The summed E-state index contributed by atoms with van der Waals surface area (Å²) in [5.41, 5.74) is 6.80. The van der Waals surface area contributed by atoms with E-state index in [4.69, 9.17) is 10.9 Å². The predicted octanol–water partition coefficient (Wildman–Crippen LogP) is 1.27. The first-order valence-corrected chi connectivity index (χ1v) is 7.05. The Hall–Kier alpha value is -1.27. The lowest BCUT2D eigenvalue weighted by Gasteiger charge is -2.40. The van der Waals surface area contributed by atoms with E-state index < -0.39 is 10.0 Å². The quantitative estimate of drug-likeness (QED) is 0.708. The van der Waals surface area contributed by atoms with Crippen LogP contribution in [0, 0.1) is 0 Å². The van der Waals surface area contributed by atoms with Crippen LogP contribution in [0.4, 0.5) is 11.4 Å². The molecule has 5 nitrogen and oxygen atoms in total. The van der Waals surface area contributed by atoms with Crippen LogP contribution in [0.2, 0.25) is 0 Å². The highest BCUT2D eigenvalue weighted by molar-refractivity contribution is 7.89. The minimum absolute atomic E-state index is 0.0261. The van der Waals surface area contributed by atoms with Crippen LogP contribution in [0.15, 0.2) is 23.1 Å². The van der Waals surface area contributed by atoms with Crippen LogP contribution >= 0.6 is 0 Å². The van der Waals surface area contributed by atoms with Crippen molar-refractivity contribution in [2.75, 3.05) is 11.1 Å². The summed E-state index contributed by atoms with van der Waals surface area (Å²) in [6, 6.07) is 4.75. The van der Waals surface area contributed by atoms with E-state index >= 15 is 0 Å². The van der Waals surface area contributed by atoms with E-state index in [1.165, 1.54) is 12.5 Å². The maximum Gasteiger partial charge on any atom is 0.240 e. The van der Waals surface area contributed by atoms with E-state index in [-0.39, 0.29) is 16.1 Å². The van der Waals surface area contributed by atoms with Gasteiger partial charge in [0.15, 0.2) is 0 Å². The highest BCUT2D eigenvalue weighted by atomic mass is 32.2. The monoisotopic (exact) mass is 255 g/mol.